The van der Waals surface area contributed by atoms with Crippen molar-refractivity contribution >= 4 is 28.5 Å². The molecule has 0 unspecified atom stereocenters. The summed E-state index contributed by atoms with van der Waals surface area (Å²) in [7, 11) is 0. The number of anilines is 1. The number of halogens is 2. The molecule has 0 saturated carbocycles. The molecule has 0 fully saturated rings. The minimum absolute atomic E-state index is 0.0225. The van der Waals surface area contributed by atoms with Crippen LogP contribution < -0.4 is 11.1 Å². The fraction of sp³-hybridized carbons (Fsp3) is 0.0588. The van der Waals surface area contributed by atoms with E-state index in [4.69, 9.17) is 10.2 Å². The third-order valence-corrected chi connectivity index (χ3v) is 3.54. The maximum absolute atomic E-state index is 13.8. The Labute approximate surface area is 135 Å². The van der Waals surface area contributed by atoms with Crippen molar-refractivity contribution in [3.63, 3.8) is 0 Å². The average molecular weight is 330 g/mol. The maximum atomic E-state index is 13.8. The van der Waals surface area contributed by atoms with Crippen LogP contribution in [0.5, 0.6) is 0 Å². The summed E-state index contributed by atoms with van der Waals surface area (Å²) in [5.41, 5.74) is 5.94. The number of hydrogen-bond acceptors (Lipinski definition) is 3. The number of rotatable bonds is 3. The zero-order valence-corrected chi connectivity index (χ0v) is 12.5. The lowest BCUT2D eigenvalue weighted by Gasteiger charge is -2.05. The average Bonchev–Trinajstić information content (AvgIpc) is 2.86. The van der Waals surface area contributed by atoms with Crippen LogP contribution in [0, 0.1) is 18.6 Å². The zero-order chi connectivity index (χ0) is 17.4. The quantitative estimate of drug-likeness (QED) is 0.772. The Balaban J connectivity index is 2.08. The number of carbonyl (C=O) groups is 2. The second kappa shape index (κ2) is 5.77. The predicted molar refractivity (Wildman–Crippen MR) is 83.8 cm³/mol. The molecule has 24 heavy (non-hydrogen) atoms. The van der Waals surface area contributed by atoms with Crippen molar-refractivity contribution in [3.05, 3.63) is 64.9 Å². The van der Waals surface area contributed by atoms with Crippen molar-refractivity contribution in [3.8, 4) is 0 Å². The Bertz CT molecular complexity index is 962. The predicted octanol–water partition coefficient (Wildman–Crippen LogP) is 3.37. The van der Waals surface area contributed by atoms with Gasteiger partial charge in [0, 0.05) is 10.9 Å². The maximum Gasteiger partial charge on any atom is 0.286 e. The normalized spacial score (nSPS) is 10.8. The summed E-state index contributed by atoms with van der Waals surface area (Å²) in [4.78, 5) is 23.8. The second-order valence-electron chi connectivity index (χ2n) is 5.23. The molecule has 5 nitrogen and oxygen atoms in total. The number of fused-ring (bicyclic) bond motifs is 1. The first kappa shape index (κ1) is 15.7. The van der Waals surface area contributed by atoms with Gasteiger partial charge in [0.1, 0.15) is 22.9 Å². The molecule has 0 bridgehead atoms. The van der Waals surface area contributed by atoms with Gasteiger partial charge in [-0.15, -0.1) is 0 Å². The van der Waals surface area contributed by atoms with Gasteiger partial charge in [-0.3, -0.25) is 9.59 Å². The van der Waals surface area contributed by atoms with Gasteiger partial charge in [0.2, 0.25) is 5.76 Å². The molecule has 0 aliphatic carbocycles. The summed E-state index contributed by atoms with van der Waals surface area (Å²) >= 11 is 0. The number of hydrogen-bond donors (Lipinski definition) is 2. The first-order chi connectivity index (χ1) is 11.4. The molecule has 0 aliphatic heterocycles. The molecule has 2 aromatic carbocycles. The molecule has 122 valence electrons. The Kier molecular flexibility index (Phi) is 3.76. The molecule has 1 aromatic heterocycles. The third-order valence-electron chi connectivity index (χ3n) is 3.54. The van der Waals surface area contributed by atoms with Gasteiger partial charge in [0.15, 0.2) is 0 Å². The highest BCUT2D eigenvalue weighted by Crippen LogP contribution is 2.32. The Morgan fingerprint density at radius 1 is 1.12 bits per heavy atom. The molecule has 3 N–H and O–H groups in total. The van der Waals surface area contributed by atoms with Gasteiger partial charge in [0.25, 0.3) is 11.8 Å². The van der Waals surface area contributed by atoms with E-state index in [-0.39, 0.29) is 28.0 Å². The van der Waals surface area contributed by atoms with Crippen LogP contribution in [0.3, 0.4) is 0 Å². The van der Waals surface area contributed by atoms with E-state index in [0.717, 1.165) is 18.2 Å². The standard InChI is InChI=1S/C17H12F2N2O3/c1-8-6-13-11(7-12(8)19)14(15(24-13)16(20)22)21-17(23)9-2-4-10(18)5-3-9/h2-7H,1H3,(H2,20,22)(H,21,23). The van der Waals surface area contributed by atoms with Crippen LogP contribution in [0.4, 0.5) is 14.5 Å². The Morgan fingerprint density at radius 2 is 1.79 bits per heavy atom. The lowest BCUT2D eigenvalue weighted by atomic mass is 10.1. The van der Waals surface area contributed by atoms with Crippen molar-refractivity contribution in [1.82, 2.24) is 0 Å². The van der Waals surface area contributed by atoms with E-state index in [9.17, 15) is 18.4 Å². The van der Waals surface area contributed by atoms with Gasteiger partial charge in [-0.25, -0.2) is 8.78 Å². The van der Waals surface area contributed by atoms with Crippen LogP contribution in [-0.2, 0) is 0 Å². The van der Waals surface area contributed by atoms with Gasteiger partial charge in [0.05, 0.1) is 0 Å². The molecule has 0 saturated heterocycles. The Hall–Kier alpha value is -3.22. The zero-order valence-electron chi connectivity index (χ0n) is 12.5. The molecule has 3 rings (SSSR count). The number of nitrogens with two attached hydrogens (primary N) is 1. The number of primary amides is 1. The van der Waals surface area contributed by atoms with E-state index in [1.54, 1.807) is 0 Å². The van der Waals surface area contributed by atoms with E-state index < -0.39 is 23.4 Å². The Morgan fingerprint density at radius 3 is 2.42 bits per heavy atom. The summed E-state index contributed by atoms with van der Waals surface area (Å²) in [6.45, 7) is 1.54. The molecular formula is C17H12F2N2O3. The van der Waals surface area contributed by atoms with E-state index in [2.05, 4.69) is 5.32 Å². The van der Waals surface area contributed by atoms with Gasteiger partial charge in [-0.1, -0.05) is 0 Å². The second-order valence-corrected chi connectivity index (χ2v) is 5.23. The molecule has 0 spiro atoms. The van der Waals surface area contributed by atoms with Crippen LogP contribution in [0.1, 0.15) is 26.5 Å². The summed E-state index contributed by atoms with van der Waals surface area (Å²) < 4.78 is 32.1. The lowest BCUT2D eigenvalue weighted by molar-refractivity contribution is 0.0977. The summed E-state index contributed by atoms with van der Waals surface area (Å²) in [6, 6.07) is 7.37. The molecule has 2 amide bonds. The van der Waals surface area contributed by atoms with Crippen LogP contribution in [-0.4, -0.2) is 11.8 Å². The summed E-state index contributed by atoms with van der Waals surface area (Å²) in [5, 5.41) is 2.69. The number of benzene rings is 2. The van der Waals surface area contributed by atoms with Gasteiger partial charge in [-0.05, 0) is 48.9 Å². The molecule has 0 aliphatic rings. The number of carbonyl (C=O) groups excluding carboxylic acids is 2. The molecule has 1 heterocycles. The smallest absolute Gasteiger partial charge is 0.286 e. The first-order valence-electron chi connectivity index (χ1n) is 6.96. The van der Waals surface area contributed by atoms with Crippen molar-refractivity contribution < 1.29 is 22.8 Å². The number of nitrogens with one attached hydrogen (secondary N) is 1. The minimum atomic E-state index is -0.904. The minimum Gasteiger partial charge on any atom is -0.449 e. The van der Waals surface area contributed by atoms with Crippen molar-refractivity contribution in [2.75, 3.05) is 5.32 Å². The van der Waals surface area contributed by atoms with Crippen LogP contribution >= 0.6 is 0 Å². The summed E-state index contributed by atoms with van der Waals surface area (Å²) in [5.74, 6) is -2.81. The van der Waals surface area contributed by atoms with E-state index >= 15 is 0 Å². The first-order valence-corrected chi connectivity index (χ1v) is 6.96. The van der Waals surface area contributed by atoms with Gasteiger partial charge >= 0.3 is 0 Å². The molecule has 7 heteroatoms. The van der Waals surface area contributed by atoms with Crippen molar-refractivity contribution in [2.45, 2.75) is 6.92 Å². The van der Waals surface area contributed by atoms with Crippen molar-refractivity contribution in [1.29, 1.82) is 0 Å². The van der Waals surface area contributed by atoms with Gasteiger partial charge < -0.3 is 15.5 Å². The largest absolute Gasteiger partial charge is 0.449 e. The topological polar surface area (TPSA) is 85.3 Å². The van der Waals surface area contributed by atoms with Gasteiger partial charge in [-0.2, -0.15) is 0 Å². The fourth-order valence-corrected chi connectivity index (χ4v) is 2.30. The van der Waals surface area contributed by atoms with E-state index in [1.165, 1.54) is 25.1 Å². The summed E-state index contributed by atoms with van der Waals surface area (Å²) in [6.07, 6.45) is 0. The third kappa shape index (κ3) is 2.71. The van der Waals surface area contributed by atoms with Crippen molar-refractivity contribution in [2.24, 2.45) is 5.73 Å². The lowest BCUT2D eigenvalue weighted by Crippen LogP contribution is -2.17. The van der Waals surface area contributed by atoms with Crippen LogP contribution in [0.2, 0.25) is 0 Å². The van der Waals surface area contributed by atoms with E-state index in [0.29, 0.717) is 5.56 Å². The molecule has 3 aromatic rings. The molecule has 0 radical (unpaired) electrons. The van der Waals surface area contributed by atoms with Crippen LogP contribution in [0.25, 0.3) is 11.0 Å². The molecular weight excluding hydrogens is 318 g/mol. The fourth-order valence-electron chi connectivity index (χ4n) is 2.30. The highest BCUT2D eigenvalue weighted by atomic mass is 19.1. The highest BCUT2D eigenvalue weighted by Gasteiger charge is 2.22. The van der Waals surface area contributed by atoms with E-state index in [1.807, 2.05) is 0 Å². The number of aryl methyl sites for hydroxylation is 1. The number of amides is 2. The monoisotopic (exact) mass is 330 g/mol. The number of furan rings is 1. The van der Waals surface area contributed by atoms with Crippen LogP contribution in [0.15, 0.2) is 40.8 Å². The highest BCUT2D eigenvalue weighted by molar-refractivity contribution is 6.14. The SMILES string of the molecule is Cc1cc2oc(C(N)=O)c(NC(=O)c3ccc(F)cc3)c2cc1F. The molecule has 0 atom stereocenters.